The van der Waals surface area contributed by atoms with Gasteiger partial charge in [0.15, 0.2) is 0 Å². The molecule has 104 valence electrons. The highest BCUT2D eigenvalue weighted by Crippen LogP contribution is 2.20. The predicted molar refractivity (Wildman–Crippen MR) is 76.2 cm³/mol. The van der Waals surface area contributed by atoms with Gasteiger partial charge in [0, 0.05) is 11.1 Å². The molecule has 0 heterocycles. The fraction of sp³-hybridized carbons (Fsp3) is 0.133. The Balaban J connectivity index is 2.11. The number of rotatable bonds is 4. The van der Waals surface area contributed by atoms with Crippen LogP contribution >= 0.6 is 11.6 Å². The van der Waals surface area contributed by atoms with Gasteiger partial charge in [0.05, 0.1) is 10.7 Å². The van der Waals surface area contributed by atoms with Gasteiger partial charge < -0.3 is 9.94 Å². The van der Waals surface area contributed by atoms with Crippen LogP contribution in [0.15, 0.2) is 47.6 Å². The normalized spacial score (nSPS) is 11.4. The maximum atomic E-state index is 12.9. The number of hydrogen-bond donors (Lipinski definition) is 1. The average molecular weight is 294 g/mol. The maximum absolute atomic E-state index is 12.9. The van der Waals surface area contributed by atoms with Crippen molar-refractivity contribution in [2.75, 3.05) is 0 Å². The van der Waals surface area contributed by atoms with Gasteiger partial charge in [-0.2, -0.15) is 0 Å². The molecule has 0 aliphatic heterocycles. The molecular weight excluding hydrogens is 281 g/mol. The summed E-state index contributed by atoms with van der Waals surface area (Å²) in [6, 6.07) is 11.3. The zero-order chi connectivity index (χ0) is 14.5. The minimum atomic E-state index is -0.379. The number of hydrogen-bond acceptors (Lipinski definition) is 3. The molecule has 0 aliphatic rings. The lowest BCUT2D eigenvalue weighted by Crippen LogP contribution is -1.99. The van der Waals surface area contributed by atoms with E-state index in [-0.39, 0.29) is 12.4 Å². The second-order valence-electron chi connectivity index (χ2n) is 4.24. The number of oxime groups is 1. The fourth-order valence-corrected chi connectivity index (χ4v) is 1.89. The third kappa shape index (κ3) is 3.48. The Morgan fingerprint density at radius 2 is 2.10 bits per heavy atom. The standard InChI is InChI=1S/C15H13ClFNO2/c1-10(18-19)11-3-2-4-14(7-11)20-9-12-5-6-13(17)8-15(12)16/h2-8,19H,9H2,1H3/b18-10+. The summed E-state index contributed by atoms with van der Waals surface area (Å²) in [6.07, 6.45) is 0. The van der Waals surface area contributed by atoms with Crippen molar-refractivity contribution >= 4 is 17.3 Å². The van der Waals surface area contributed by atoms with Crippen LogP contribution in [0.25, 0.3) is 0 Å². The average Bonchev–Trinajstić information content (AvgIpc) is 2.46. The molecule has 1 N–H and O–H groups in total. The first kappa shape index (κ1) is 14.3. The van der Waals surface area contributed by atoms with Crippen LogP contribution in [0.1, 0.15) is 18.1 Å². The molecule has 2 rings (SSSR count). The van der Waals surface area contributed by atoms with Crippen LogP contribution in [0.4, 0.5) is 4.39 Å². The van der Waals surface area contributed by atoms with E-state index in [1.54, 1.807) is 31.2 Å². The summed E-state index contributed by atoms with van der Waals surface area (Å²) in [5.74, 6) is 0.237. The smallest absolute Gasteiger partial charge is 0.124 e. The molecule has 20 heavy (non-hydrogen) atoms. The molecule has 0 saturated heterocycles. The van der Waals surface area contributed by atoms with Gasteiger partial charge in [-0.1, -0.05) is 35.0 Å². The first-order valence-corrected chi connectivity index (χ1v) is 6.34. The molecule has 5 heteroatoms. The molecule has 3 nitrogen and oxygen atoms in total. The van der Waals surface area contributed by atoms with E-state index >= 15 is 0 Å². The van der Waals surface area contributed by atoms with E-state index in [1.165, 1.54) is 12.1 Å². The zero-order valence-electron chi connectivity index (χ0n) is 10.8. The maximum Gasteiger partial charge on any atom is 0.124 e. The number of nitrogens with zero attached hydrogens (tertiary/aromatic N) is 1. The first-order valence-electron chi connectivity index (χ1n) is 5.96. The van der Waals surface area contributed by atoms with Gasteiger partial charge in [0.25, 0.3) is 0 Å². The highest BCUT2D eigenvalue weighted by molar-refractivity contribution is 6.31. The van der Waals surface area contributed by atoms with Gasteiger partial charge in [-0.05, 0) is 31.2 Å². The summed E-state index contributed by atoms with van der Waals surface area (Å²) in [6.45, 7) is 1.92. The van der Waals surface area contributed by atoms with Crippen molar-refractivity contribution in [3.63, 3.8) is 0 Å². The van der Waals surface area contributed by atoms with Crippen molar-refractivity contribution < 1.29 is 14.3 Å². The van der Waals surface area contributed by atoms with E-state index in [0.29, 0.717) is 22.0 Å². The Kier molecular flexibility index (Phi) is 4.58. The lowest BCUT2D eigenvalue weighted by atomic mass is 10.1. The molecule has 0 saturated carbocycles. The fourth-order valence-electron chi connectivity index (χ4n) is 1.67. The van der Waals surface area contributed by atoms with Crippen LogP contribution in [-0.2, 0) is 6.61 Å². The molecular formula is C15H13ClFNO2. The molecule has 0 unspecified atom stereocenters. The SMILES string of the molecule is C/C(=N\O)c1cccc(OCc2ccc(F)cc2Cl)c1. The predicted octanol–water partition coefficient (Wildman–Crippen LogP) is 4.26. The largest absolute Gasteiger partial charge is 0.489 e. The number of benzene rings is 2. The van der Waals surface area contributed by atoms with Gasteiger partial charge >= 0.3 is 0 Å². The number of ether oxygens (including phenoxy) is 1. The van der Waals surface area contributed by atoms with E-state index in [1.807, 2.05) is 6.07 Å². The van der Waals surface area contributed by atoms with Gasteiger partial charge in [-0.3, -0.25) is 0 Å². The molecule has 2 aromatic carbocycles. The van der Waals surface area contributed by atoms with Gasteiger partial charge in [0.1, 0.15) is 18.2 Å². The third-order valence-electron chi connectivity index (χ3n) is 2.81. The van der Waals surface area contributed by atoms with Crippen molar-refractivity contribution in [1.82, 2.24) is 0 Å². The van der Waals surface area contributed by atoms with E-state index in [4.69, 9.17) is 21.5 Å². The molecule has 0 aliphatic carbocycles. The Labute approximate surface area is 121 Å². The number of halogens is 2. The first-order chi connectivity index (χ1) is 9.60. The zero-order valence-corrected chi connectivity index (χ0v) is 11.6. The molecule has 0 radical (unpaired) electrons. The molecule has 0 fully saturated rings. The quantitative estimate of drug-likeness (QED) is 0.520. The molecule has 0 spiro atoms. The Bertz CT molecular complexity index is 644. The van der Waals surface area contributed by atoms with Crippen LogP contribution in [0.3, 0.4) is 0 Å². The van der Waals surface area contributed by atoms with Crippen LogP contribution in [0.2, 0.25) is 5.02 Å². The molecule has 0 amide bonds. The topological polar surface area (TPSA) is 41.8 Å². The van der Waals surface area contributed by atoms with Crippen molar-refractivity contribution in [2.45, 2.75) is 13.5 Å². The lowest BCUT2D eigenvalue weighted by molar-refractivity contribution is 0.306. The molecule has 2 aromatic rings. The molecule has 0 bridgehead atoms. The van der Waals surface area contributed by atoms with E-state index < -0.39 is 0 Å². The molecule has 0 aromatic heterocycles. The van der Waals surface area contributed by atoms with E-state index in [2.05, 4.69) is 5.16 Å². The Hall–Kier alpha value is -2.07. The summed E-state index contributed by atoms with van der Waals surface area (Å²) < 4.78 is 18.5. The Morgan fingerprint density at radius 3 is 2.80 bits per heavy atom. The second-order valence-corrected chi connectivity index (χ2v) is 4.64. The van der Waals surface area contributed by atoms with Gasteiger partial charge in [-0.25, -0.2) is 4.39 Å². The summed E-state index contributed by atoms with van der Waals surface area (Å²) in [5, 5.41) is 12.2. The van der Waals surface area contributed by atoms with Crippen molar-refractivity contribution in [1.29, 1.82) is 0 Å². The highest BCUT2D eigenvalue weighted by atomic mass is 35.5. The van der Waals surface area contributed by atoms with Crippen molar-refractivity contribution in [3.05, 3.63) is 64.4 Å². The van der Waals surface area contributed by atoms with Crippen LogP contribution in [0.5, 0.6) is 5.75 Å². The van der Waals surface area contributed by atoms with Crippen LogP contribution in [-0.4, -0.2) is 10.9 Å². The summed E-state index contributed by atoms with van der Waals surface area (Å²) >= 11 is 5.93. The van der Waals surface area contributed by atoms with Gasteiger partial charge in [0.2, 0.25) is 0 Å². The minimum absolute atomic E-state index is 0.234. The minimum Gasteiger partial charge on any atom is -0.489 e. The lowest BCUT2D eigenvalue weighted by Gasteiger charge is -2.09. The Morgan fingerprint density at radius 1 is 1.30 bits per heavy atom. The van der Waals surface area contributed by atoms with E-state index in [0.717, 1.165) is 5.56 Å². The van der Waals surface area contributed by atoms with Crippen LogP contribution in [0, 0.1) is 5.82 Å². The van der Waals surface area contributed by atoms with E-state index in [9.17, 15) is 4.39 Å². The second kappa shape index (κ2) is 6.39. The summed E-state index contributed by atoms with van der Waals surface area (Å²) in [4.78, 5) is 0. The van der Waals surface area contributed by atoms with Gasteiger partial charge in [-0.15, -0.1) is 0 Å². The monoisotopic (exact) mass is 293 g/mol. The highest BCUT2D eigenvalue weighted by Gasteiger charge is 2.04. The molecule has 0 atom stereocenters. The van der Waals surface area contributed by atoms with Crippen molar-refractivity contribution in [3.8, 4) is 5.75 Å². The third-order valence-corrected chi connectivity index (χ3v) is 3.16. The summed E-state index contributed by atoms with van der Waals surface area (Å²) in [5.41, 5.74) is 1.96. The van der Waals surface area contributed by atoms with Crippen molar-refractivity contribution in [2.24, 2.45) is 5.16 Å². The summed E-state index contributed by atoms with van der Waals surface area (Å²) in [7, 11) is 0. The van der Waals surface area contributed by atoms with Crippen LogP contribution < -0.4 is 4.74 Å².